The third-order valence-electron chi connectivity index (χ3n) is 8.97. The van der Waals surface area contributed by atoms with E-state index in [0.717, 1.165) is 103 Å². The molecular weight excluding hydrogens is 741 g/mol. The van der Waals surface area contributed by atoms with E-state index in [4.69, 9.17) is 29.4 Å². The molecule has 0 bridgehead atoms. The molecular formula is C46H80NO9P. The molecule has 10 nitrogen and oxygen atoms in total. The largest absolute Gasteiger partial charge is 0.480 e. The highest BCUT2D eigenvalue weighted by atomic mass is 31.2. The lowest BCUT2D eigenvalue weighted by molar-refractivity contribution is -0.154. The number of ether oxygens (including phenoxy) is 2. The van der Waals surface area contributed by atoms with Crippen LogP contribution in [-0.2, 0) is 32.7 Å². The number of hydrogen-bond donors (Lipinski definition) is 3. The molecule has 0 aliphatic carbocycles. The van der Waals surface area contributed by atoms with Crippen molar-refractivity contribution in [2.24, 2.45) is 5.73 Å². The van der Waals surface area contributed by atoms with Gasteiger partial charge >= 0.3 is 19.8 Å². The smallest absolute Gasteiger partial charge is 0.472 e. The number of hydrogen-bond acceptors (Lipinski definition) is 8. The summed E-state index contributed by atoms with van der Waals surface area (Å²) in [6.45, 7) is 3.69. The van der Waals surface area contributed by atoms with Gasteiger partial charge in [0.05, 0.1) is 19.8 Å². The maximum absolute atomic E-state index is 12.6. The van der Waals surface area contributed by atoms with Crippen molar-refractivity contribution in [1.82, 2.24) is 0 Å². The minimum atomic E-state index is -4.63. The van der Waals surface area contributed by atoms with Gasteiger partial charge in [0.25, 0.3) is 0 Å². The van der Waals surface area contributed by atoms with E-state index in [-0.39, 0.29) is 13.0 Å². The van der Waals surface area contributed by atoms with Crippen LogP contribution in [0.1, 0.15) is 168 Å². The van der Waals surface area contributed by atoms with Crippen LogP contribution in [0.5, 0.6) is 0 Å². The summed E-state index contributed by atoms with van der Waals surface area (Å²) in [6.07, 6.45) is 51.0. The van der Waals surface area contributed by atoms with Gasteiger partial charge in [-0.25, -0.2) is 4.57 Å². The number of nitrogens with two attached hydrogens (primary N) is 1. The number of phosphoric acid groups is 1. The lowest BCUT2D eigenvalue weighted by atomic mass is 10.1. The summed E-state index contributed by atoms with van der Waals surface area (Å²) in [5, 5.41) is 8.89. The standard InChI is InChI=1S/C46H80NO9P/c1-3-5-7-9-11-13-15-17-18-19-20-21-22-23-24-25-27-29-31-33-35-37-39-53-40-43(41-54-57(51,52)55-42-44(47)46(49)50)56-45(48)38-36-34-32-30-28-26-16-14-12-10-8-6-4-2/h5,7,11,13-14,16-18,20-21,23-24,43-44H,3-4,6,8-10,12,15,19,22,25-42,47H2,1-2H3,(H,49,50)(H,51,52)/b7-5-,13-11-,16-14-,18-17-,21-20-,24-23-. The number of carboxylic acids is 1. The second-order valence-corrected chi connectivity index (χ2v) is 15.9. The lowest BCUT2D eigenvalue weighted by Crippen LogP contribution is -2.34. The number of carbonyl (C=O) groups excluding carboxylic acids is 1. The van der Waals surface area contributed by atoms with Gasteiger partial charge in [0, 0.05) is 13.0 Å². The van der Waals surface area contributed by atoms with Crippen molar-refractivity contribution in [1.29, 1.82) is 0 Å². The molecule has 0 aromatic heterocycles. The molecule has 0 amide bonds. The average molecular weight is 822 g/mol. The number of carbonyl (C=O) groups is 2. The Balaban J connectivity index is 4.26. The fourth-order valence-corrected chi connectivity index (χ4v) is 6.34. The van der Waals surface area contributed by atoms with Gasteiger partial charge in [0.1, 0.15) is 12.1 Å². The van der Waals surface area contributed by atoms with E-state index >= 15 is 0 Å². The van der Waals surface area contributed by atoms with E-state index in [0.29, 0.717) is 13.0 Å². The molecule has 328 valence electrons. The van der Waals surface area contributed by atoms with Gasteiger partial charge in [-0.2, -0.15) is 0 Å². The number of unbranched alkanes of at least 4 members (excludes halogenated alkanes) is 15. The molecule has 0 saturated heterocycles. The van der Waals surface area contributed by atoms with Crippen LogP contribution in [0.2, 0.25) is 0 Å². The van der Waals surface area contributed by atoms with Crippen molar-refractivity contribution >= 4 is 19.8 Å². The van der Waals surface area contributed by atoms with Crippen LogP contribution >= 0.6 is 7.82 Å². The summed E-state index contributed by atoms with van der Waals surface area (Å²) in [6, 6.07) is -1.48. The topological polar surface area (TPSA) is 155 Å². The van der Waals surface area contributed by atoms with Gasteiger partial charge in [-0.1, -0.05) is 151 Å². The van der Waals surface area contributed by atoms with Crippen LogP contribution < -0.4 is 5.73 Å². The van der Waals surface area contributed by atoms with Crippen LogP contribution in [0.15, 0.2) is 72.9 Å². The second kappa shape index (κ2) is 41.6. The summed E-state index contributed by atoms with van der Waals surface area (Å²) < 4.78 is 33.3. The maximum atomic E-state index is 12.6. The van der Waals surface area contributed by atoms with Crippen molar-refractivity contribution < 1.29 is 42.7 Å². The molecule has 0 aromatic rings. The Hall–Kier alpha value is -2.59. The van der Waals surface area contributed by atoms with Crippen LogP contribution in [0, 0.1) is 0 Å². The van der Waals surface area contributed by atoms with E-state index in [9.17, 15) is 19.0 Å². The highest BCUT2D eigenvalue weighted by molar-refractivity contribution is 7.47. The molecule has 4 N–H and O–H groups in total. The maximum Gasteiger partial charge on any atom is 0.472 e. The normalized spacial score (nSPS) is 14.6. The first-order valence-corrected chi connectivity index (χ1v) is 23.5. The molecule has 0 spiro atoms. The summed E-state index contributed by atoms with van der Waals surface area (Å²) in [5.74, 6) is -1.80. The van der Waals surface area contributed by atoms with Gasteiger partial charge < -0.3 is 25.2 Å². The zero-order valence-corrected chi connectivity index (χ0v) is 36.6. The number of aliphatic carboxylic acids is 1. The van der Waals surface area contributed by atoms with E-state index in [1.165, 1.54) is 38.5 Å². The minimum absolute atomic E-state index is 0.000249. The predicted octanol–water partition coefficient (Wildman–Crippen LogP) is 12.2. The number of esters is 1. The molecule has 57 heavy (non-hydrogen) atoms. The Bertz CT molecular complexity index is 1180. The Labute approximate surface area is 346 Å². The van der Waals surface area contributed by atoms with Crippen molar-refractivity contribution in [2.45, 2.75) is 180 Å². The van der Waals surface area contributed by atoms with Gasteiger partial charge in [0.2, 0.25) is 0 Å². The number of allylic oxidation sites excluding steroid dienone is 12. The quantitative estimate of drug-likeness (QED) is 0.0235. The third-order valence-corrected chi connectivity index (χ3v) is 9.92. The Morgan fingerprint density at radius 1 is 0.579 bits per heavy atom. The van der Waals surface area contributed by atoms with Gasteiger partial charge in [0.15, 0.2) is 0 Å². The van der Waals surface area contributed by atoms with Crippen LogP contribution in [-0.4, -0.2) is 60.5 Å². The first-order chi connectivity index (χ1) is 27.7. The zero-order chi connectivity index (χ0) is 41.9. The molecule has 0 aromatic carbocycles. The van der Waals surface area contributed by atoms with Gasteiger partial charge in [-0.05, 0) is 83.5 Å². The molecule has 3 atom stereocenters. The van der Waals surface area contributed by atoms with Crippen molar-refractivity contribution in [3.8, 4) is 0 Å². The SMILES string of the molecule is CC/C=C\C/C=C\C/C=C\C/C=C\C/C=C\CCCCCCCCOCC(COP(=O)(O)OCC(N)C(=O)O)OC(=O)CCCCCCC/C=C\CCCCCC. The Morgan fingerprint density at radius 3 is 1.54 bits per heavy atom. The summed E-state index contributed by atoms with van der Waals surface area (Å²) in [4.78, 5) is 33.5. The molecule has 0 fully saturated rings. The first kappa shape index (κ1) is 54.4. The third kappa shape index (κ3) is 41.4. The van der Waals surface area contributed by atoms with Gasteiger partial charge in [-0.3, -0.25) is 18.6 Å². The molecule has 0 radical (unpaired) electrons. The molecule has 3 unspecified atom stereocenters. The average Bonchev–Trinajstić information content (AvgIpc) is 3.19. The number of carboxylic acid groups (broad SMARTS) is 1. The fourth-order valence-electron chi connectivity index (χ4n) is 5.56. The van der Waals surface area contributed by atoms with Crippen LogP contribution in [0.4, 0.5) is 0 Å². The number of phosphoric ester groups is 1. The predicted molar refractivity (Wildman–Crippen MR) is 235 cm³/mol. The van der Waals surface area contributed by atoms with Crippen LogP contribution in [0.3, 0.4) is 0 Å². The molecule has 0 heterocycles. The van der Waals surface area contributed by atoms with E-state index in [1.807, 2.05) is 0 Å². The van der Waals surface area contributed by atoms with Gasteiger partial charge in [-0.15, -0.1) is 0 Å². The van der Waals surface area contributed by atoms with Crippen molar-refractivity contribution in [3.05, 3.63) is 72.9 Å². The van der Waals surface area contributed by atoms with Crippen molar-refractivity contribution in [2.75, 3.05) is 26.4 Å². The monoisotopic (exact) mass is 822 g/mol. The molecule has 0 aliphatic heterocycles. The summed E-state index contributed by atoms with van der Waals surface area (Å²) >= 11 is 0. The first-order valence-electron chi connectivity index (χ1n) is 22.0. The highest BCUT2D eigenvalue weighted by Crippen LogP contribution is 2.43. The minimum Gasteiger partial charge on any atom is -0.480 e. The highest BCUT2D eigenvalue weighted by Gasteiger charge is 2.27. The number of rotatable bonds is 41. The van der Waals surface area contributed by atoms with E-state index < -0.39 is 45.1 Å². The van der Waals surface area contributed by atoms with E-state index in [2.05, 4.69) is 86.8 Å². The van der Waals surface area contributed by atoms with Crippen molar-refractivity contribution in [3.63, 3.8) is 0 Å². The molecule has 0 saturated carbocycles. The van der Waals surface area contributed by atoms with E-state index in [1.54, 1.807) is 0 Å². The molecule has 0 rings (SSSR count). The molecule has 0 aliphatic rings. The summed E-state index contributed by atoms with van der Waals surface area (Å²) in [7, 11) is -4.63. The lowest BCUT2D eigenvalue weighted by Gasteiger charge is -2.20. The zero-order valence-electron chi connectivity index (χ0n) is 35.7. The molecule has 11 heteroatoms. The fraction of sp³-hybridized carbons (Fsp3) is 0.696. The van der Waals surface area contributed by atoms with Crippen LogP contribution in [0.25, 0.3) is 0 Å². The second-order valence-electron chi connectivity index (χ2n) is 14.4. The summed E-state index contributed by atoms with van der Waals surface area (Å²) in [5.41, 5.74) is 5.35. The Morgan fingerprint density at radius 2 is 1.02 bits per heavy atom. The Kier molecular flexibility index (Phi) is 39.7.